The smallest absolute Gasteiger partial charge is 0.319 e. The molecule has 1 N–H and O–H groups in total. The third-order valence-electron chi connectivity index (χ3n) is 4.76. The molecule has 1 saturated heterocycles. The Kier molecular flexibility index (Phi) is 5.41. The maximum Gasteiger partial charge on any atom is 0.319 e. The summed E-state index contributed by atoms with van der Waals surface area (Å²) in [5.74, 6) is -3.68. The lowest BCUT2D eigenvalue weighted by Gasteiger charge is -2.37. The molecule has 0 aliphatic carbocycles. The van der Waals surface area contributed by atoms with Crippen LogP contribution in [0.1, 0.15) is 23.1 Å². The molecule has 0 bridgehead atoms. The van der Waals surface area contributed by atoms with E-state index in [0.717, 1.165) is 7.11 Å². The fraction of sp³-hybridized carbons (Fsp3) is 0.263. The van der Waals surface area contributed by atoms with Crippen molar-refractivity contribution < 1.29 is 19.2 Å². The van der Waals surface area contributed by atoms with Crippen LogP contribution in [-0.4, -0.2) is 30.0 Å². The molecular weight excluding hydrogens is 372 g/mol. The van der Waals surface area contributed by atoms with Gasteiger partial charge in [0.15, 0.2) is 0 Å². The highest BCUT2D eigenvalue weighted by atomic mass is 35.5. The Bertz CT molecular complexity index is 856. The number of nitrogens with one attached hydrogen (secondary N) is 1. The average molecular weight is 389 g/mol. The summed E-state index contributed by atoms with van der Waals surface area (Å²) in [4.78, 5) is 36.6. The van der Waals surface area contributed by atoms with Gasteiger partial charge in [-0.15, -0.1) is 0 Å². The van der Waals surface area contributed by atoms with Crippen LogP contribution < -0.4 is 5.32 Å². The zero-order valence-electron chi connectivity index (χ0n) is 14.4. The molecule has 1 aliphatic heterocycles. The summed E-state index contributed by atoms with van der Waals surface area (Å²) < 4.78 is 4.76. The second kappa shape index (κ2) is 7.75. The van der Waals surface area contributed by atoms with Crippen molar-refractivity contribution in [2.24, 2.45) is 5.92 Å². The lowest BCUT2D eigenvalue weighted by Crippen LogP contribution is -2.56. The van der Waals surface area contributed by atoms with Crippen LogP contribution in [0.4, 0.5) is 0 Å². The predicted molar refractivity (Wildman–Crippen MR) is 97.8 cm³/mol. The first-order valence-electron chi connectivity index (χ1n) is 8.26. The fourth-order valence-electron chi connectivity index (χ4n) is 3.54. The van der Waals surface area contributed by atoms with E-state index in [-0.39, 0.29) is 0 Å². The monoisotopic (exact) mass is 388 g/mol. The molecule has 0 saturated carbocycles. The van der Waals surface area contributed by atoms with Crippen molar-refractivity contribution in [3.05, 3.63) is 80.9 Å². The van der Waals surface area contributed by atoms with Crippen molar-refractivity contribution in [1.82, 2.24) is 5.32 Å². The van der Waals surface area contributed by atoms with Gasteiger partial charge in [-0.1, -0.05) is 54.1 Å². The van der Waals surface area contributed by atoms with Crippen molar-refractivity contribution in [2.75, 3.05) is 7.11 Å². The van der Waals surface area contributed by atoms with E-state index >= 15 is 0 Å². The second-order valence-electron chi connectivity index (χ2n) is 6.25. The second-order valence-corrected chi connectivity index (χ2v) is 6.69. The molecule has 2 aromatic rings. The molecule has 8 heteroatoms. The van der Waals surface area contributed by atoms with Crippen molar-refractivity contribution in [3.63, 3.8) is 0 Å². The van der Waals surface area contributed by atoms with Crippen LogP contribution in [0.2, 0.25) is 5.02 Å². The molecule has 2 aromatic carbocycles. The molecule has 0 aromatic heterocycles. The van der Waals surface area contributed by atoms with Crippen LogP contribution in [0, 0.1) is 16.0 Å². The van der Waals surface area contributed by atoms with Gasteiger partial charge in [-0.3, -0.25) is 19.7 Å². The summed E-state index contributed by atoms with van der Waals surface area (Å²) in [6.07, 6.45) is 0. The van der Waals surface area contributed by atoms with Gasteiger partial charge in [0.25, 0.3) is 0 Å². The Morgan fingerprint density at radius 1 is 1.11 bits per heavy atom. The Morgan fingerprint density at radius 2 is 1.74 bits per heavy atom. The number of esters is 1. The maximum absolute atomic E-state index is 12.7. The van der Waals surface area contributed by atoms with Crippen LogP contribution in [-0.2, 0) is 14.3 Å². The first kappa shape index (κ1) is 18.8. The summed E-state index contributed by atoms with van der Waals surface area (Å²) in [5, 5.41) is 15.1. The van der Waals surface area contributed by atoms with Gasteiger partial charge < -0.3 is 10.1 Å². The van der Waals surface area contributed by atoms with Gasteiger partial charge in [0.2, 0.25) is 11.9 Å². The number of halogens is 1. The lowest BCUT2D eigenvalue weighted by atomic mass is 9.73. The summed E-state index contributed by atoms with van der Waals surface area (Å²) in [7, 11) is 1.16. The van der Waals surface area contributed by atoms with Gasteiger partial charge in [0.1, 0.15) is 12.0 Å². The Hall–Kier alpha value is -2.93. The number of amides is 1. The van der Waals surface area contributed by atoms with Crippen LogP contribution in [0.5, 0.6) is 0 Å². The van der Waals surface area contributed by atoms with Gasteiger partial charge in [-0.05, 0) is 23.3 Å². The predicted octanol–water partition coefficient (Wildman–Crippen LogP) is 2.73. The fourth-order valence-corrected chi connectivity index (χ4v) is 3.67. The van der Waals surface area contributed by atoms with Crippen LogP contribution in [0.25, 0.3) is 0 Å². The minimum absolute atomic E-state index is 0.452. The molecule has 27 heavy (non-hydrogen) atoms. The van der Waals surface area contributed by atoms with Gasteiger partial charge in [0, 0.05) is 9.95 Å². The van der Waals surface area contributed by atoms with E-state index < -0.39 is 40.7 Å². The van der Waals surface area contributed by atoms with E-state index in [4.69, 9.17) is 16.3 Å². The van der Waals surface area contributed by atoms with Gasteiger partial charge in [0.05, 0.1) is 13.0 Å². The van der Waals surface area contributed by atoms with E-state index in [0.29, 0.717) is 16.1 Å². The van der Waals surface area contributed by atoms with E-state index in [9.17, 15) is 19.7 Å². The lowest BCUT2D eigenvalue weighted by molar-refractivity contribution is -0.534. The highest BCUT2D eigenvalue weighted by Crippen LogP contribution is 2.41. The molecule has 140 valence electrons. The highest BCUT2D eigenvalue weighted by molar-refractivity contribution is 6.30. The SMILES string of the molecule is COC(=O)[C@H]1C(=O)N[C@H](c2ccc(Cl)cc2)[C@@H]([N+](=O)[O-])[C@@H]1c1ccccc1. The number of methoxy groups -OCH3 is 1. The molecule has 0 spiro atoms. The van der Waals surface area contributed by atoms with Crippen molar-refractivity contribution in [2.45, 2.75) is 18.0 Å². The first-order valence-corrected chi connectivity index (χ1v) is 8.64. The maximum atomic E-state index is 12.7. The Labute approximate surface area is 160 Å². The molecule has 1 fully saturated rings. The molecule has 0 radical (unpaired) electrons. The highest BCUT2D eigenvalue weighted by Gasteiger charge is 2.55. The molecule has 1 aliphatic rings. The third kappa shape index (κ3) is 3.64. The Morgan fingerprint density at radius 3 is 2.30 bits per heavy atom. The topological polar surface area (TPSA) is 98.5 Å². The summed E-state index contributed by atoms with van der Waals surface area (Å²) in [6, 6.07) is 12.8. The van der Waals surface area contributed by atoms with Crippen molar-refractivity contribution in [1.29, 1.82) is 0 Å². The number of benzene rings is 2. The number of hydrogen-bond acceptors (Lipinski definition) is 5. The molecular formula is C19H17ClN2O5. The Balaban J connectivity index is 2.14. The molecule has 3 rings (SSSR count). The van der Waals surface area contributed by atoms with E-state index in [1.807, 2.05) is 0 Å². The molecule has 4 atom stereocenters. The summed E-state index contributed by atoms with van der Waals surface area (Å²) in [6.45, 7) is 0. The third-order valence-corrected chi connectivity index (χ3v) is 5.01. The summed E-state index contributed by atoms with van der Waals surface area (Å²) >= 11 is 5.90. The normalized spacial score (nSPS) is 24.7. The van der Waals surface area contributed by atoms with Gasteiger partial charge in [-0.25, -0.2) is 0 Å². The quantitative estimate of drug-likeness (QED) is 0.376. The number of carbonyl (C=O) groups excluding carboxylic acids is 2. The van der Waals surface area contributed by atoms with Crippen molar-refractivity contribution >= 4 is 23.5 Å². The zero-order chi connectivity index (χ0) is 19.6. The van der Waals surface area contributed by atoms with Crippen LogP contribution >= 0.6 is 11.6 Å². The largest absolute Gasteiger partial charge is 0.468 e. The number of hydrogen-bond donors (Lipinski definition) is 1. The number of rotatable bonds is 4. The van der Waals surface area contributed by atoms with Gasteiger partial charge >= 0.3 is 5.97 Å². The molecule has 1 amide bonds. The standard InChI is InChI=1S/C19H17ClN2O5/c1-27-19(24)15-14(11-5-3-2-4-6-11)17(22(25)26)16(21-18(15)23)12-7-9-13(20)10-8-12/h2-10,14-17H,1H3,(H,21,23)/t14-,15-,16-,17+/m1/s1. The average Bonchev–Trinajstić information content (AvgIpc) is 2.67. The summed E-state index contributed by atoms with van der Waals surface area (Å²) in [5.41, 5.74) is 1.07. The van der Waals surface area contributed by atoms with Crippen LogP contribution in [0.15, 0.2) is 54.6 Å². The van der Waals surface area contributed by atoms with Crippen molar-refractivity contribution in [3.8, 4) is 0 Å². The van der Waals surface area contributed by atoms with Gasteiger partial charge in [-0.2, -0.15) is 0 Å². The molecule has 1 heterocycles. The zero-order valence-corrected chi connectivity index (χ0v) is 15.1. The first-order chi connectivity index (χ1) is 12.9. The molecule has 7 nitrogen and oxygen atoms in total. The number of piperidine rings is 1. The number of nitrogens with zero attached hydrogens (tertiary/aromatic N) is 1. The number of ether oxygens (including phenoxy) is 1. The molecule has 0 unspecified atom stereocenters. The minimum Gasteiger partial charge on any atom is -0.468 e. The van der Waals surface area contributed by atoms with E-state index in [1.165, 1.54) is 0 Å². The number of nitro groups is 1. The van der Waals surface area contributed by atoms with Crippen LogP contribution in [0.3, 0.4) is 0 Å². The van der Waals surface area contributed by atoms with E-state index in [1.54, 1.807) is 54.6 Å². The minimum atomic E-state index is -1.31. The van der Waals surface area contributed by atoms with E-state index in [2.05, 4.69) is 5.32 Å². The number of carbonyl (C=O) groups is 2.